The normalized spacial score (nSPS) is 26.4. The average Bonchev–Trinajstić information content (AvgIpc) is 2.77. The van der Waals surface area contributed by atoms with E-state index in [1.807, 2.05) is 10.9 Å². The minimum Gasteiger partial charge on any atom is -0.326 e. The molecule has 0 aliphatic carbocycles. The van der Waals surface area contributed by atoms with E-state index in [2.05, 4.69) is 30.0 Å². The van der Waals surface area contributed by atoms with Crippen molar-refractivity contribution in [2.45, 2.75) is 39.4 Å². The Morgan fingerprint density at radius 2 is 2.31 bits per heavy atom. The Bertz CT molecular complexity index is 324. The molecule has 16 heavy (non-hydrogen) atoms. The number of rotatable bonds is 4. The van der Waals surface area contributed by atoms with E-state index in [0.717, 1.165) is 32.6 Å². The third kappa shape index (κ3) is 2.62. The largest absolute Gasteiger partial charge is 0.326 e. The van der Waals surface area contributed by atoms with Crippen LogP contribution in [0.3, 0.4) is 0 Å². The summed E-state index contributed by atoms with van der Waals surface area (Å²) in [4.78, 5) is 2.42. The number of aromatic nitrogens is 2. The quantitative estimate of drug-likeness (QED) is 0.829. The molecule has 1 aromatic rings. The van der Waals surface area contributed by atoms with Gasteiger partial charge in [-0.05, 0) is 12.3 Å². The summed E-state index contributed by atoms with van der Waals surface area (Å²) in [6.45, 7) is 8.52. The molecule has 4 heteroatoms. The lowest BCUT2D eigenvalue weighted by molar-refractivity contribution is 0.319. The topological polar surface area (TPSA) is 47.1 Å². The van der Waals surface area contributed by atoms with Crippen molar-refractivity contribution in [3.05, 3.63) is 18.0 Å². The van der Waals surface area contributed by atoms with Gasteiger partial charge in [0.1, 0.15) is 0 Å². The first-order chi connectivity index (χ1) is 7.69. The van der Waals surface area contributed by atoms with Gasteiger partial charge in [-0.1, -0.05) is 13.8 Å². The fourth-order valence-electron chi connectivity index (χ4n) is 2.32. The summed E-state index contributed by atoms with van der Waals surface area (Å²) in [7, 11) is 0. The van der Waals surface area contributed by atoms with Crippen molar-refractivity contribution in [3.63, 3.8) is 0 Å². The molecule has 0 aromatic carbocycles. The van der Waals surface area contributed by atoms with E-state index in [4.69, 9.17) is 5.73 Å². The molecule has 0 saturated carbocycles. The molecule has 1 aromatic heterocycles. The van der Waals surface area contributed by atoms with Crippen molar-refractivity contribution in [2.75, 3.05) is 13.1 Å². The standard InChI is InChI=1S/C12H22N4/c1-3-4-16-8-11(5-14-16)7-15-6-10(2)12(13)9-15/h5,8,10,12H,3-4,6-7,9,13H2,1-2H3. The zero-order chi connectivity index (χ0) is 11.5. The van der Waals surface area contributed by atoms with E-state index in [9.17, 15) is 0 Å². The molecule has 2 heterocycles. The van der Waals surface area contributed by atoms with Gasteiger partial charge in [-0.15, -0.1) is 0 Å². The predicted octanol–water partition coefficient (Wildman–Crippen LogP) is 1.07. The van der Waals surface area contributed by atoms with Crippen LogP contribution in [0.15, 0.2) is 12.4 Å². The van der Waals surface area contributed by atoms with Gasteiger partial charge in [-0.3, -0.25) is 9.58 Å². The molecule has 90 valence electrons. The van der Waals surface area contributed by atoms with Crippen LogP contribution in [-0.4, -0.2) is 33.8 Å². The van der Waals surface area contributed by atoms with Crippen LogP contribution in [0.25, 0.3) is 0 Å². The van der Waals surface area contributed by atoms with Gasteiger partial charge < -0.3 is 5.73 Å². The molecule has 1 aliphatic rings. The Morgan fingerprint density at radius 1 is 1.50 bits per heavy atom. The number of hydrogen-bond donors (Lipinski definition) is 1. The summed E-state index contributed by atoms with van der Waals surface area (Å²) in [5.74, 6) is 0.616. The van der Waals surface area contributed by atoms with Crippen LogP contribution in [0.1, 0.15) is 25.8 Å². The highest BCUT2D eigenvalue weighted by Crippen LogP contribution is 2.16. The van der Waals surface area contributed by atoms with Crippen molar-refractivity contribution in [1.29, 1.82) is 0 Å². The van der Waals surface area contributed by atoms with E-state index in [0.29, 0.717) is 12.0 Å². The Balaban J connectivity index is 1.89. The lowest BCUT2D eigenvalue weighted by Crippen LogP contribution is -2.28. The number of nitrogens with two attached hydrogens (primary N) is 1. The van der Waals surface area contributed by atoms with Gasteiger partial charge in [0, 0.05) is 44.0 Å². The fourth-order valence-corrected chi connectivity index (χ4v) is 2.32. The van der Waals surface area contributed by atoms with Gasteiger partial charge in [0.25, 0.3) is 0 Å². The zero-order valence-corrected chi connectivity index (χ0v) is 10.3. The summed E-state index contributed by atoms with van der Waals surface area (Å²) >= 11 is 0. The third-order valence-corrected chi connectivity index (χ3v) is 3.29. The molecule has 2 atom stereocenters. The molecule has 1 saturated heterocycles. The first kappa shape index (κ1) is 11.6. The van der Waals surface area contributed by atoms with Crippen molar-refractivity contribution in [3.8, 4) is 0 Å². The molecular formula is C12H22N4. The smallest absolute Gasteiger partial charge is 0.0534 e. The van der Waals surface area contributed by atoms with E-state index >= 15 is 0 Å². The van der Waals surface area contributed by atoms with Crippen LogP contribution in [0.5, 0.6) is 0 Å². The van der Waals surface area contributed by atoms with Crippen LogP contribution in [0.2, 0.25) is 0 Å². The number of aryl methyl sites for hydroxylation is 1. The van der Waals surface area contributed by atoms with Crippen molar-refractivity contribution >= 4 is 0 Å². The van der Waals surface area contributed by atoms with E-state index in [1.165, 1.54) is 5.56 Å². The SMILES string of the molecule is CCCn1cc(CN2CC(C)C(N)C2)cn1. The van der Waals surface area contributed by atoms with Gasteiger partial charge in [0.15, 0.2) is 0 Å². The molecule has 2 N–H and O–H groups in total. The molecule has 0 spiro atoms. The Hall–Kier alpha value is -0.870. The second-order valence-electron chi connectivity index (χ2n) is 4.95. The Kier molecular flexibility index (Phi) is 3.61. The third-order valence-electron chi connectivity index (χ3n) is 3.29. The lowest BCUT2D eigenvalue weighted by Gasteiger charge is -2.13. The number of hydrogen-bond acceptors (Lipinski definition) is 3. The second-order valence-corrected chi connectivity index (χ2v) is 4.95. The minimum absolute atomic E-state index is 0.339. The maximum absolute atomic E-state index is 6.01. The summed E-state index contributed by atoms with van der Waals surface area (Å²) in [6, 6.07) is 0.339. The maximum atomic E-state index is 6.01. The molecule has 2 unspecified atom stereocenters. The highest BCUT2D eigenvalue weighted by atomic mass is 15.3. The van der Waals surface area contributed by atoms with Crippen LogP contribution in [-0.2, 0) is 13.1 Å². The average molecular weight is 222 g/mol. The first-order valence-electron chi connectivity index (χ1n) is 6.18. The lowest BCUT2D eigenvalue weighted by atomic mass is 10.1. The van der Waals surface area contributed by atoms with Crippen molar-refractivity contribution in [2.24, 2.45) is 11.7 Å². The van der Waals surface area contributed by atoms with Gasteiger partial charge in [0.2, 0.25) is 0 Å². The van der Waals surface area contributed by atoms with Crippen LogP contribution in [0.4, 0.5) is 0 Å². The molecule has 2 rings (SSSR count). The van der Waals surface area contributed by atoms with Gasteiger partial charge in [-0.25, -0.2) is 0 Å². The van der Waals surface area contributed by atoms with Crippen molar-refractivity contribution < 1.29 is 0 Å². The minimum atomic E-state index is 0.339. The monoisotopic (exact) mass is 222 g/mol. The summed E-state index contributed by atoms with van der Waals surface area (Å²) < 4.78 is 2.02. The molecule has 0 bridgehead atoms. The van der Waals surface area contributed by atoms with Crippen molar-refractivity contribution in [1.82, 2.24) is 14.7 Å². The van der Waals surface area contributed by atoms with Crippen LogP contribution < -0.4 is 5.73 Å². The molecule has 0 amide bonds. The fraction of sp³-hybridized carbons (Fsp3) is 0.750. The molecule has 4 nitrogen and oxygen atoms in total. The number of likely N-dealkylation sites (tertiary alicyclic amines) is 1. The first-order valence-corrected chi connectivity index (χ1v) is 6.18. The van der Waals surface area contributed by atoms with Gasteiger partial charge >= 0.3 is 0 Å². The summed E-state index contributed by atoms with van der Waals surface area (Å²) in [5.41, 5.74) is 7.31. The molecular weight excluding hydrogens is 200 g/mol. The maximum Gasteiger partial charge on any atom is 0.0534 e. The highest BCUT2D eigenvalue weighted by Gasteiger charge is 2.26. The molecule has 0 radical (unpaired) electrons. The predicted molar refractivity (Wildman–Crippen MR) is 64.9 cm³/mol. The van der Waals surface area contributed by atoms with E-state index in [1.54, 1.807) is 0 Å². The number of nitrogens with zero attached hydrogens (tertiary/aromatic N) is 3. The summed E-state index contributed by atoms with van der Waals surface area (Å²) in [5, 5.41) is 4.34. The Labute approximate surface area is 97.4 Å². The van der Waals surface area contributed by atoms with E-state index < -0.39 is 0 Å². The van der Waals surface area contributed by atoms with Crippen LogP contribution >= 0.6 is 0 Å². The van der Waals surface area contributed by atoms with Gasteiger partial charge in [-0.2, -0.15) is 5.10 Å². The van der Waals surface area contributed by atoms with Crippen LogP contribution in [0, 0.1) is 5.92 Å². The van der Waals surface area contributed by atoms with E-state index in [-0.39, 0.29) is 0 Å². The zero-order valence-electron chi connectivity index (χ0n) is 10.3. The summed E-state index contributed by atoms with van der Waals surface area (Å²) in [6.07, 6.45) is 5.26. The van der Waals surface area contributed by atoms with Gasteiger partial charge in [0.05, 0.1) is 6.20 Å². The highest BCUT2D eigenvalue weighted by molar-refractivity contribution is 5.04. The molecule has 1 aliphatic heterocycles. The second kappa shape index (κ2) is 4.97. The Morgan fingerprint density at radius 3 is 2.94 bits per heavy atom. The molecule has 1 fully saturated rings.